The van der Waals surface area contributed by atoms with Crippen molar-refractivity contribution in [3.05, 3.63) is 30.3 Å². The summed E-state index contributed by atoms with van der Waals surface area (Å²) in [7, 11) is 0. The second-order valence-corrected chi connectivity index (χ2v) is 6.05. The van der Waals surface area contributed by atoms with E-state index < -0.39 is 5.60 Å². The normalized spacial score (nSPS) is 30.9. The maximum atomic E-state index is 10.7. The number of nitrogens with zero attached hydrogens (tertiary/aromatic N) is 2. The molecule has 2 unspecified atom stereocenters. The first-order chi connectivity index (χ1) is 9.67. The number of likely N-dealkylation sites (tertiary alicyclic amines) is 1. The van der Waals surface area contributed by atoms with Crippen molar-refractivity contribution < 1.29 is 5.11 Å². The molecule has 3 rings (SSSR count). The molecule has 4 heteroatoms. The highest BCUT2D eigenvalue weighted by Crippen LogP contribution is 2.39. The van der Waals surface area contributed by atoms with Crippen LogP contribution in [0.4, 0.5) is 5.69 Å². The lowest BCUT2D eigenvalue weighted by Gasteiger charge is -2.47. The summed E-state index contributed by atoms with van der Waals surface area (Å²) in [5.41, 5.74) is 6.57. The smallest absolute Gasteiger partial charge is 0.196 e. The molecule has 1 saturated carbocycles. The largest absolute Gasteiger partial charge is 0.389 e. The van der Waals surface area contributed by atoms with Crippen LogP contribution in [0.3, 0.4) is 0 Å². The van der Waals surface area contributed by atoms with E-state index >= 15 is 0 Å². The third kappa shape index (κ3) is 2.66. The summed E-state index contributed by atoms with van der Waals surface area (Å²) in [6.07, 6.45) is 5.23. The molecule has 0 bridgehead atoms. The summed E-state index contributed by atoms with van der Waals surface area (Å²) in [5, 5.41) is 10.7. The van der Waals surface area contributed by atoms with Crippen LogP contribution in [0.2, 0.25) is 0 Å². The van der Waals surface area contributed by atoms with Crippen LogP contribution in [-0.2, 0) is 0 Å². The Hall–Kier alpha value is -1.55. The number of rotatable bonds is 1. The Morgan fingerprint density at radius 2 is 2.05 bits per heavy atom. The quantitative estimate of drug-likeness (QED) is 0.609. The lowest BCUT2D eigenvalue weighted by atomic mass is 9.71. The topological polar surface area (TPSA) is 61.8 Å². The van der Waals surface area contributed by atoms with Gasteiger partial charge in [-0.05, 0) is 31.4 Å². The molecule has 108 valence electrons. The summed E-state index contributed by atoms with van der Waals surface area (Å²) in [4.78, 5) is 6.60. The van der Waals surface area contributed by atoms with E-state index in [-0.39, 0.29) is 0 Å². The molecule has 1 aromatic carbocycles. The molecule has 2 fully saturated rings. The Morgan fingerprint density at radius 3 is 2.85 bits per heavy atom. The summed E-state index contributed by atoms with van der Waals surface area (Å²) in [5.74, 6) is 0.915. The molecular formula is C16H23N3O. The minimum Gasteiger partial charge on any atom is -0.389 e. The van der Waals surface area contributed by atoms with E-state index in [9.17, 15) is 5.11 Å². The van der Waals surface area contributed by atoms with Gasteiger partial charge in [0.2, 0.25) is 0 Å². The zero-order valence-corrected chi connectivity index (χ0v) is 11.8. The molecule has 1 aromatic rings. The zero-order chi connectivity index (χ0) is 14.0. The van der Waals surface area contributed by atoms with E-state index in [1.165, 1.54) is 6.42 Å². The van der Waals surface area contributed by atoms with Crippen molar-refractivity contribution in [1.82, 2.24) is 4.90 Å². The van der Waals surface area contributed by atoms with E-state index in [0.717, 1.165) is 44.5 Å². The highest BCUT2D eigenvalue weighted by Gasteiger charge is 2.43. The maximum absolute atomic E-state index is 10.7. The van der Waals surface area contributed by atoms with Gasteiger partial charge in [-0.15, -0.1) is 0 Å². The fourth-order valence-corrected chi connectivity index (χ4v) is 3.48. The van der Waals surface area contributed by atoms with Crippen LogP contribution in [0.1, 0.15) is 32.1 Å². The van der Waals surface area contributed by atoms with E-state index in [1.807, 2.05) is 30.3 Å². The van der Waals surface area contributed by atoms with Gasteiger partial charge in [0, 0.05) is 19.0 Å². The van der Waals surface area contributed by atoms with Gasteiger partial charge >= 0.3 is 0 Å². The van der Waals surface area contributed by atoms with Gasteiger partial charge in [-0.25, -0.2) is 4.99 Å². The zero-order valence-electron chi connectivity index (χ0n) is 11.8. The monoisotopic (exact) mass is 273 g/mol. The number of aliphatic hydroxyl groups is 1. The van der Waals surface area contributed by atoms with E-state index in [2.05, 4.69) is 9.89 Å². The molecule has 2 atom stereocenters. The molecule has 2 aliphatic rings. The predicted octanol–water partition coefficient (Wildman–Crippen LogP) is 2.26. The van der Waals surface area contributed by atoms with Gasteiger partial charge in [0.15, 0.2) is 5.96 Å². The van der Waals surface area contributed by atoms with Crippen LogP contribution in [0.5, 0.6) is 0 Å². The molecular weight excluding hydrogens is 250 g/mol. The van der Waals surface area contributed by atoms with Crippen LogP contribution in [-0.4, -0.2) is 34.7 Å². The number of piperidine rings is 1. The molecule has 0 amide bonds. The van der Waals surface area contributed by atoms with Crippen LogP contribution in [0.25, 0.3) is 0 Å². The number of para-hydroxylation sites is 1. The molecule has 0 spiro atoms. The molecule has 1 saturated heterocycles. The second-order valence-electron chi connectivity index (χ2n) is 6.05. The SMILES string of the molecule is NC(=Nc1ccccc1)N1CCC2(O)CCCCC2C1. The standard InChI is InChI=1S/C16H23N3O/c17-15(18-14-7-2-1-3-8-14)19-11-10-16(20)9-5-4-6-13(16)12-19/h1-3,7-8,13,20H,4-6,9-12H2,(H2,17,18). The first kappa shape index (κ1) is 13.4. The lowest BCUT2D eigenvalue weighted by Crippen LogP contribution is -2.56. The average Bonchev–Trinajstić information content (AvgIpc) is 2.47. The van der Waals surface area contributed by atoms with Crippen LogP contribution >= 0.6 is 0 Å². The van der Waals surface area contributed by atoms with Gasteiger partial charge in [0.25, 0.3) is 0 Å². The fraction of sp³-hybridized carbons (Fsp3) is 0.562. The van der Waals surface area contributed by atoms with Crippen molar-refractivity contribution in [3.63, 3.8) is 0 Å². The molecule has 3 N–H and O–H groups in total. The predicted molar refractivity (Wildman–Crippen MR) is 80.8 cm³/mol. The van der Waals surface area contributed by atoms with Crippen molar-refractivity contribution in [1.29, 1.82) is 0 Å². The van der Waals surface area contributed by atoms with Gasteiger partial charge in [0.05, 0.1) is 11.3 Å². The highest BCUT2D eigenvalue weighted by atomic mass is 16.3. The molecule has 4 nitrogen and oxygen atoms in total. The number of benzene rings is 1. The van der Waals surface area contributed by atoms with Crippen molar-refractivity contribution in [3.8, 4) is 0 Å². The molecule has 0 radical (unpaired) electrons. The van der Waals surface area contributed by atoms with Gasteiger partial charge < -0.3 is 15.7 Å². The molecule has 1 aliphatic carbocycles. The molecule has 1 heterocycles. The lowest BCUT2D eigenvalue weighted by molar-refractivity contribution is -0.0841. The maximum Gasteiger partial charge on any atom is 0.196 e. The van der Waals surface area contributed by atoms with Gasteiger partial charge in [-0.3, -0.25) is 0 Å². The Kier molecular flexibility index (Phi) is 3.66. The van der Waals surface area contributed by atoms with E-state index in [1.54, 1.807) is 0 Å². The third-order valence-electron chi connectivity index (χ3n) is 4.75. The second kappa shape index (κ2) is 5.44. The van der Waals surface area contributed by atoms with E-state index in [4.69, 9.17) is 5.73 Å². The van der Waals surface area contributed by atoms with Crippen molar-refractivity contribution in [2.45, 2.75) is 37.7 Å². The summed E-state index contributed by atoms with van der Waals surface area (Å²) < 4.78 is 0. The number of hydrogen-bond donors (Lipinski definition) is 2. The van der Waals surface area contributed by atoms with E-state index in [0.29, 0.717) is 11.9 Å². The number of guanidine groups is 1. The van der Waals surface area contributed by atoms with Crippen molar-refractivity contribution >= 4 is 11.6 Å². The van der Waals surface area contributed by atoms with Gasteiger partial charge in [-0.2, -0.15) is 0 Å². The number of fused-ring (bicyclic) bond motifs is 1. The summed E-state index contributed by atoms with van der Waals surface area (Å²) in [6.45, 7) is 1.63. The van der Waals surface area contributed by atoms with Crippen LogP contribution in [0, 0.1) is 5.92 Å². The third-order valence-corrected chi connectivity index (χ3v) is 4.75. The Morgan fingerprint density at radius 1 is 1.25 bits per heavy atom. The summed E-state index contributed by atoms with van der Waals surface area (Å²) in [6, 6.07) is 9.80. The number of aliphatic imine (C=N–C) groups is 1. The number of hydrogen-bond acceptors (Lipinski definition) is 2. The van der Waals surface area contributed by atoms with Crippen LogP contribution in [0.15, 0.2) is 35.3 Å². The minimum absolute atomic E-state index is 0.342. The van der Waals surface area contributed by atoms with Gasteiger partial charge in [-0.1, -0.05) is 31.0 Å². The Balaban J connectivity index is 1.71. The van der Waals surface area contributed by atoms with Crippen molar-refractivity contribution in [2.24, 2.45) is 16.6 Å². The summed E-state index contributed by atoms with van der Waals surface area (Å²) >= 11 is 0. The Bertz CT molecular complexity index is 488. The van der Waals surface area contributed by atoms with Crippen molar-refractivity contribution in [2.75, 3.05) is 13.1 Å². The van der Waals surface area contributed by atoms with Crippen LogP contribution < -0.4 is 5.73 Å². The first-order valence-corrected chi connectivity index (χ1v) is 7.54. The highest BCUT2D eigenvalue weighted by molar-refractivity contribution is 5.81. The Labute approximate surface area is 120 Å². The van der Waals surface area contributed by atoms with Gasteiger partial charge in [0.1, 0.15) is 0 Å². The first-order valence-electron chi connectivity index (χ1n) is 7.54. The average molecular weight is 273 g/mol. The number of nitrogens with two attached hydrogens (primary N) is 1. The fourth-order valence-electron chi connectivity index (χ4n) is 3.48. The molecule has 1 aliphatic heterocycles. The molecule has 20 heavy (non-hydrogen) atoms. The molecule has 0 aromatic heterocycles. The minimum atomic E-state index is -0.457.